The average molecular weight is 345 g/mol. The van der Waals surface area contributed by atoms with Crippen LogP contribution in [0.1, 0.15) is 7.43 Å². The van der Waals surface area contributed by atoms with E-state index in [9.17, 15) is 0 Å². The summed E-state index contributed by atoms with van der Waals surface area (Å²) in [5, 5.41) is 0. The molecule has 0 atom stereocenters. The molecule has 0 heterocycles. The van der Waals surface area contributed by atoms with Gasteiger partial charge < -0.3 is 19.6 Å². The highest BCUT2D eigenvalue weighted by atomic mass is 15.1. The number of anilines is 4. The number of hydrogen-bond donors (Lipinski definition) is 0. The monoisotopic (exact) mass is 344 g/mol. The highest BCUT2D eigenvalue weighted by Crippen LogP contribution is 2.17. The van der Waals surface area contributed by atoms with E-state index in [2.05, 4.69) is 68.1 Å². The second kappa shape index (κ2) is 10.5. The van der Waals surface area contributed by atoms with Crippen LogP contribution in [0.2, 0.25) is 0 Å². The zero-order valence-corrected chi connectivity index (χ0v) is 16.4. The molecule has 0 amide bonds. The van der Waals surface area contributed by atoms with E-state index in [1.165, 1.54) is 22.7 Å². The smallest absolute Gasteiger partial charge is 0.0362 e. The van der Waals surface area contributed by atoms with Crippen molar-refractivity contribution in [3.63, 3.8) is 0 Å². The molecular formula is C21H36N4. The van der Waals surface area contributed by atoms with Gasteiger partial charge in [-0.3, -0.25) is 0 Å². The highest BCUT2D eigenvalue weighted by molar-refractivity contribution is 5.55. The lowest BCUT2D eigenvalue weighted by Crippen LogP contribution is -2.10. The molecule has 0 radical (unpaired) electrons. The Labute approximate surface area is 155 Å². The molecule has 0 spiro atoms. The molecule has 0 aliphatic heterocycles. The fourth-order valence-corrected chi connectivity index (χ4v) is 2.10. The Morgan fingerprint density at radius 3 is 0.560 bits per heavy atom. The number of hydrogen-bond acceptors (Lipinski definition) is 4. The van der Waals surface area contributed by atoms with Crippen molar-refractivity contribution in [2.75, 3.05) is 76.0 Å². The zero-order chi connectivity index (χ0) is 18.3. The Balaban J connectivity index is 0.000000443. The molecule has 2 aromatic carbocycles. The van der Waals surface area contributed by atoms with Gasteiger partial charge in [0.05, 0.1) is 0 Å². The molecule has 25 heavy (non-hydrogen) atoms. The van der Waals surface area contributed by atoms with Gasteiger partial charge in [-0.05, 0) is 48.5 Å². The van der Waals surface area contributed by atoms with Gasteiger partial charge in [0.1, 0.15) is 0 Å². The van der Waals surface area contributed by atoms with Crippen molar-refractivity contribution >= 4 is 22.7 Å². The third kappa shape index (κ3) is 7.38. The summed E-state index contributed by atoms with van der Waals surface area (Å²) in [6, 6.07) is 17.0. The van der Waals surface area contributed by atoms with Crippen LogP contribution in [0.15, 0.2) is 48.5 Å². The van der Waals surface area contributed by atoms with Crippen LogP contribution >= 0.6 is 0 Å². The van der Waals surface area contributed by atoms with Crippen LogP contribution in [0.4, 0.5) is 22.7 Å². The third-order valence-corrected chi connectivity index (χ3v) is 3.77. The van der Waals surface area contributed by atoms with Gasteiger partial charge in [-0.1, -0.05) is 7.43 Å². The molecule has 0 saturated heterocycles. The van der Waals surface area contributed by atoms with Crippen LogP contribution in [0.3, 0.4) is 0 Å². The van der Waals surface area contributed by atoms with Crippen molar-refractivity contribution in [3.8, 4) is 0 Å². The van der Waals surface area contributed by atoms with Crippen LogP contribution < -0.4 is 19.6 Å². The molecule has 0 N–H and O–H groups in total. The van der Waals surface area contributed by atoms with E-state index in [1.54, 1.807) is 0 Å². The molecule has 0 bridgehead atoms. The number of benzene rings is 2. The minimum atomic E-state index is 0. The molecule has 0 aromatic heterocycles. The van der Waals surface area contributed by atoms with E-state index < -0.39 is 0 Å². The lowest BCUT2D eigenvalue weighted by atomic mass is 10.2. The second-order valence-corrected chi connectivity index (χ2v) is 6.61. The summed E-state index contributed by atoms with van der Waals surface area (Å²) in [4.78, 5) is 8.39. The van der Waals surface area contributed by atoms with E-state index >= 15 is 0 Å². The maximum Gasteiger partial charge on any atom is 0.0362 e. The van der Waals surface area contributed by atoms with Gasteiger partial charge >= 0.3 is 0 Å². The van der Waals surface area contributed by atoms with Gasteiger partial charge in [-0.15, -0.1) is 0 Å². The minimum Gasteiger partial charge on any atom is -0.378 e. The second-order valence-electron chi connectivity index (χ2n) is 6.61. The first-order valence-corrected chi connectivity index (χ1v) is 8.11. The Hall–Kier alpha value is -2.36. The Bertz CT molecular complexity index is 475. The molecule has 2 rings (SSSR count). The molecule has 140 valence electrons. The molecule has 0 aliphatic carbocycles. The molecule has 4 nitrogen and oxygen atoms in total. The molecule has 0 saturated carbocycles. The van der Waals surface area contributed by atoms with Crippen molar-refractivity contribution < 1.29 is 0 Å². The lowest BCUT2D eigenvalue weighted by Gasteiger charge is -2.16. The van der Waals surface area contributed by atoms with Crippen molar-refractivity contribution in [3.05, 3.63) is 48.5 Å². The van der Waals surface area contributed by atoms with Crippen LogP contribution in [0, 0.1) is 0 Å². The van der Waals surface area contributed by atoms with Crippen LogP contribution in [0.25, 0.3) is 0 Å². The first-order chi connectivity index (χ1) is 11.2. The van der Waals surface area contributed by atoms with Crippen molar-refractivity contribution in [1.82, 2.24) is 0 Å². The van der Waals surface area contributed by atoms with Gasteiger partial charge in [0, 0.05) is 79.1 Å². The number of nitrogens with zero attached hydrogens (tertiary/aromatic N) is 4. The van der Waals surface area contributed by atoms with Crippen molar-refractivity contribution in [1.29, 1.82) is 0 Å². The first-order valence-electron chi connectivity index (χ1n) is 8.11. The SMILES string of the molecule is C.CN(C)c1ccc(N(C)C)cc1.CN(C)c1ccc(N(C)C)cc1. The maximum atomic E-state index is 2.12. The average Bonchev–Trinajstić information content (AvgIpc) is 2.55. The lowest BCUT2D eigenvalue weighted by molar-refractivity contribution is 1.11. The first kappa shape index (κ1) is 22.6. The van der Waals surface area contributed by atoms with Crippen molar-refractivity contribution in [2.45, 2.75) is 7.43 Å². The predicted molar refractivity (Wildman–Crippen MR) is 117 cm³/mol. The number of rotatable bonds is 4. The zero-order valence-electron chi connectivity index (χ0n) is 16.4. The summed E-state index contributed by atoms with van der Waals surface area (Å²) in [5.41, 5.74) is 4.95. The Morgan fingerprint density at radius 2 is 0.480 bits per heavy atom. The topological polar surface area (TPSA) is 13.0 Å². The van der Waals surface area contributed by atoms with E-state index in [0.717, 1.165) is 0 Å². The van der Waals surface area contributed by atoms with Gasteiger partial charge in [-0.2, -0.15) is 0 Å². The van der Waals surface area contributed by atoms with Gasteiger partial charge in [0.2, 0.25) is 0 Å². The van der Waals surface area contributed by atoms with E-state index in [0.29, 0.717) is 0 Å². The summed E-state index contributed by atoms with van der Waals surface area (Å²) in [7, 11) is 16.4. The summed E-state index contributed by atoms with van der Waals surface area (Å²) in [6.07, 6.45) is 0. The van der Waals surface area contributed by atoms with Gasteiger partial charge in [0.15, 0.2) is 0 Å². The van der Waals surface area contributed by atoms with Gasteiger partial charge in [0.25, 0.3) is 0 Å². The molecular weight excluding hydrogens is 308 g/mol. The Morgan fingerprint density at radius 1 is 0.360 bits per heavy atom. The van der Waals surface area contributed by atoms with Crippen molar-refractivity contribution in [2.24, 2.45) is 0 Å². The fraction of sp³-hybridized carbons (Fsp3) is 0.429. The van der Waals surface area contributed by atoms with Crippen LogP contribution in [0.5, 0.6) is 0 Å². The molecule has 0 unspecified atom stereocenters. The predicted octanol–water partition coefficient (Wildman–Crippen LogP) is 4.27. The Kier molecular flexibility index (Phi) is 9.50. The molecule has 0 aliphatic rings. The summed E-state index contributed by atoms with van der Waals surface area (Å²) in [5.74, 6) is 0. The maximum absolute atomic E-state index is 2.12. The van der Waals surface area contributed by atoms with E-state index in [4.69, 9.17) is 0 Å². The van der Waals surface area contributed by atoms with E-state index in [1.807, 2.05) is 56.4 Å². The minimum absolute atomic E-state index is 0. The standard InChI is InChI=1S/2C10H16N2.CH4/c2*1-11(2)9-5-7-10(8-6-9)12(3)4;/h2*5-8H,1-4H3;1H4. The third-order valence-electron chi connectivity index (χ3n) is 3.77. The van der Waals surface area contributed by atoms with Gasteiger partial charge in [-0.25, -0.2) is 0 Å². The molecule has 4 heteroatoms. The quantitative estimate of drug-likeness (QED) is 0.821. The molecule has 2 aromatic rings. The van der Waals surface area contributed by atoms with Crippen LogP contribution in [-0.2, 0) is 0 Å². The largest absolute Gasteiger partial charge is 0.378 e. The normalized spacial score (nSPS) is 9.28. The summed E-state index contributed by atoms with van der Waals surface area (Å²) < 4.78 is 0. The van der Waals surface area contributed by atoms with Crippen LogP contribution in [-0.4, -0.2) is 56.4 Å². The fourth-order valence-electron chi connectivity index (χ4n) is 2.10. The summed E-state index contributed by atoms with van der Waals surface area (Å²) in [6.45, 7) is 0. The van der Waals surface area contributed by atoms with E-state index in [-0.39, 0.29) is 7.43 Å². The highest BCUT2D eigenvalue weighted by Gasteiger charge is 1.97. The molecule has 0 fully saturated rings. The summed E-state index contributed by atoms with van der Waals surface area (Å²) >= 11 is 0.